The largest absolute Gasteiger partial charge is 0.468 e. The van der Waals surface area contributed by atoms with E-state index in [9.17, 15) is 13.2 Å². The summed E-state index contributed by atoms with van der Waals surface area (Å²) in [4.78, 5) is 10.9. The van der Waals surface area contributed by atoms with Crippen LogP contribution in [0.15, 0.2) is 0 Å². The molecule has 0 bridgehead atoms. The van der Waals surface area contributed by atoms with Crippen molar-refractivity contribution in [1.29, 1.82) is 0 Å². The summed E-state index contributed by atoms with van der Waals surface area (Å²) >= 11 is 5.67. The smallest absolute Gasteiger partial charge is 0.325 e. The molecule has 0 fully saturated rings. The van der Waals surface area contributed by atoms with E-state index >= 15 is 0 Å². The van der Waals surface area contributed by atoms with Crippen molar-refractivity contribution in [3.05, 3.63) is 0 Å². The van der Waals surface area contributed by atoms with Gasteiger partial charge >= 0.3 is 5.97 Å². The van der Waals surface area contributed by atoms with Gasteiger partial charge in [0.2, 0.25) is 0 Å². The summed E-state index contributed by atoms with van der Waals surface area (Å²) in [6, 6.07) is 0. The number of halogens is 1. The standard InChI is InChI=1S/C9H18ClNO4S/c1-3-16(13,14)6-4-5-11-7-8(10)9(12)15-2/h8,11H,3-7H2,1-2H3. The van der Waals surface area contributed by atoms with E-state index in [1.54, 1.807) is 6.92 Å². The van der Waals surface area contributed by atoms with E-state index in [0.29, 0.717) is 13.0 Å². The molecular formula is C9H18ClNO4S. The summed E-state index contributed by atoms with van der Waals surface area (Å²) in [7, 11) is -1.64. The molecule has 0 aromatic carbocycles. The third-order valence-corrected chi connectivity index (χ3v) is 4.15. The quantitative estimate of drug-likeness (QED) is 0.387. The highest BCUT2D eigenvalue weighted by Gasteiger charge is 2.14. The fourth-order valence-electron chi connectivity index (χ4n) is 1.00. The van der Waals surface area contributed by atoms with Gasteiger partial charge in [0.05, 0.1) is 12.9 Å². The Balaban J connectivity index is 3.58. The highest BCUT2D eigenvalue weighted by Crippen LogP contribution is 1.97. The third-order valence-electron chi connectivity index (χ3n) is 2.03. The lowest BCUT2D eigenvalue weighted by Gasteiger charge is -2.08. The first-order valence-corrected chi connectivity index (χ1v) is 7.31. The van der Waals surface area contributed by atoms with Crippen LogP contribution in [-0.4, -0.2) is 51.5 Å². The van der Waals surface area contributed by atoms with Crippen molar-refractivity contribution in [3.8, 4) is 0 Å². The van der Waals surface area contributed by atoms with E-state index in [-0.39, 0.29) is 18.1 Å². The normalized spacial score (nSPS) is 13.4. The second-order valence-electron chi connectivity index (χ2n) is 3.28. The lowest BCUT2D eigenvalue weighted by Crippen LogP contribution is -2.31. The Bertz CT molecular complexity index is 305. The molecule has 0 saturated carbocycles. The number of nitrogens with one attached hydrogen (secondary N) is 1. The third kappa shape index (κ3) is 7.03. The van der Waals surface area contributed by atoms with Crippen LogP contribution in [0.5, 0.6) is 0 Å². The number of rotatable bonds is 8. The number of carbonyl (C=O) groups excluding carboxylic acids is 1. The number of ether oxygens (including phenoxy) is 1. The van der Waals surface area contributed by atoms with Crippen LogP contribution in [0.1, 0.15) is 13.3 Å². The molecule has 1 atom stereocenters. The van der Waals surface area contributed by atoms with E-state index in [0.717, 1.165) is 0 Å². The molecule has 0 spiro atoms. The summed E-state index contributed by atoms with van der Waals surface area (Å²) < 4.78 is 26.7. The molecule has 0 radical (unpaired) electrons. The summed E-state index contributed by atoms with van der Waals surface area (Å²) in [6.07, 6.45) is 0.515. The molecule has 0 heterocycles. The number of hydrogen-bond acceptors (Lipinski definition) is 5. The number of sulfone groups is 1. The monoisotopic (exact) mass is 271 g/mol. The lowest BCUT2D eigenvalue weighted by atomic mass is 10.4. The second kappa shape index (κ2) is 7.86. The maximum Gasteiger partial charge on any atom is 0.325 e. The minimum absolute atomic E-state index is 0.154. The number of esters is 1. The Morgan fingerprint density at radius 3 is 2.62 bits per heavy atom. The van der Waals surface area contributed by atoms with Gasteiger partial charge < -0.3 is 10.1 Å². The molecule has 16 heavy (non-hydrogen) atoms. The van der Waals surface area contributed by atoms with Crippen molar-refractivity contribution in [2.75, 3.05) is 31.7 Å². The van der Waals surface area contributed by atoms with Crippen LogP contribution in [0.4, 0.5) is 0 Å². The van der Waals surface area contributed by atoms with Crippen LogP contribution in [0.3, 0.4) is 0 Å². The molecule has 1 unspecified atom stereocenters. The molecule has 0 aliphatic heterocycles. The van der Waals surface area contributed by atoms with Crippen molar-refractivity contribution >= 4 is 27.4 Å². The van der Waals surface area contributed by atoms with Crippen molar-refractivity contribution < 1.29 is 17.9 Å². The number of alkyl halides is 1. The first-order valence-electron chi connectivity index (χ1n) is 5.06. The van der Waals surface area contributed by atoms with E-state index < -0.39 is 21.2 Å². The van der Waals surface area contributed by atoms with Crippen LogP contribution in [-0.2, 0) is 19.4 Å². The zero-order valence-electron chi connectivity index (χ0n) is 9.53. The molecule has 0 aliphatic rings. The van der Waals surface area contributed by atoms with Crippen LogP contribution < -0.4 is 5.32 Å². The summed E-state index contributed by atoms with van der Waals surface area (Å²) in [5.41, 5.74) is 0. The predicted octanol–water partition coefficient (Wildman–Crippen LogP) is 0.181. The molecular weight excluding hydrogens is 254 g/mol. The van der Waals surface area contributed by atoms with Crippen LogP contribution in [0.25, 0.3) is 0 Å². The van der Waals surface area contributed by atoms with E-state index in [1.807, 2.05) is 0 Å². The van der Waals surface area contributed by atoms with E-state index in [1.165, 1.54) is 7.11 Å². The Hall–Kier alpha value is -0.330. The summed E-state index contributed by atoms with van der Waals surface area (Å²) in [5, 5.41) is 2.17. The SMILES string of the molecule is CCS(=O)(=O)CCCNCC(Cl)C(=O)OC. The van der Waals surface area contributed by atoms with Crippen LogP contribution in [0, 0.1) is 0 Å². The molecule has 7 heteroatoms. The van der Waals surface area contributed by atoms with Gasteiger partial charge in [0.1, 0.15) is 15.2 Å². The average Bonchev–Trinajstić information content (AvgIpc) is 2.27. The number of methoxy groups -OCH3 is 1. The van der Waals surface area contributed by atoms with Gasteiger partial charge in [-0.05, 0) is 13.0 Å². The van der Waals surface area contributed by atoms with Gasteiger partial charge in [-0.1, -0.05) is 6.92 Å². The molecule has 0 aromatic heterocycles. The van der Waals surface area contributed by atoms with E-state index in [4.69, 9.17) is 11.6 Å². The van der Waals surface area contributed by atoms with Crippen LogP contribution in [0.2, 0.25) is 0 Å². The van der Waals surface area contributed by atoms with Crippen molar-refractivity contribution in [1.82, 2.24) is 5.32 Å². The fourth-order valence-corrected chi connectivity index (χ4v) is 2.07. The van der Waals surface area contributed by atoms with Crippen molar-refractivity contribution in [2.24, 2.45) is 0 Å². The molecule has 0 saturated heterocycles. The molecule has 0 aliphatic carbocycles. The number of carbonyl (C=O) groups is 1. The molecule has 0 amide bonds. The zero-order valence-corrected chi connectivity index (χ0v) is 11.1. The van der Waals surface area contributed by atoms with Crippen LogP contribution >= 0.6 is 11.6 Å². The molecule has 0 aromatic rings. The minimum atomic E-state index is -2.91. The topological polar surface area (TPSA) is 72.5 Å². The minimum Gasteiger partial charge on any atom is -0.468 e. The van der Waals surface area contributed by atoms with Gasteiger partial charge in [0, 0.05) is 12.3 Å². The summed E-state index contributed by atoms with van der Waals surface area (Å²) in [6.45, 7) is 2.41. The van der Waals surface area contributed by atoms with Gasteiger partial charge in [-0.25, -0.2) is 8.42 Å². The van der Waals surface area contributed by atoms with Crippen molar-refractivity contribution in [3.63, 3.8) is 0 Å². The van der Waals surface area contributed by atoms with Crippen molar-refractivity contribution in [2.45, 2.75) is 18.7 Å². The van der Waals surface area contributed by atoms with Gasteiger partial charge in [-0.2, -0.15) is 0 Å². The Labute approximate surface area is 101 Å². The molecule has 5 nitrogen and oxygen atoms in total. The van der Waals surface area contributed by atoms with E-state index in [2.05, 4.69) is 10.1 Å². The highest BCUT2D eigenvalue weighted by atomic mass is 35.5. The number of hydrogen-bond donors (Lipinski definition) is 1. The molecule has 0 rings (SSSR count). The first-order chi connectivity index (χ1) is 7.43. The van der Waals surface area contributed by atoms with Gasteiger partial charge in [0.25, 0.3) is 0 Å². The zero-order chi connectivity index (χ0) is 12.6. The Morgan fingerprint density at radius 2 is 2.12 bits per heavy atom. The lowest BCUT2D eigenvalue weighted by molar-refractivity contribution is -0.140. The summed E-state index contributed by atoms with van der Waals surface area (Å²) in [5.74, 6) is -0.176. The average molecular weight is 272 g/mol. The maximum atomic E-state index is 11.1. The van der Waals surface area contributed by atoms with Gasteiger partial charge in [0.15, 0.2) is 0 Å². The Morgan fingerprint density at radius 1 is 1.50 bits per heavy atom. The predicted molar refractivity (Wildman–Crippen MR) is 63.5 cm³/mol. The second-order valence-corrected chi connectivity index (χ2v) is 6.28. The first kappa shape index (κ1) is 15.7. The maximum absolute atomic E-state index is 11.1. The van der Waals surface area contributed by atoms with Gasteiger partial charge in [-0.15, -0.1) is 11.6 Å². The molecule has 96 valence electrons. The van der Waals surface area contributed by atoms with Gasteiger partial charge in [-0.3, -0.25) is 4.79 Å². The molecule has 1 N–H and O–H groups in total. The Kier molecular flexibility index (Phi) is 7.70. The highest BCUT2D eigenvalue weighted by molar-refractivity contribution is 7.91. The fraction of sp³-hybridized carbons (Fsp3) is 0.889.